The number of benzene rings is 1. The first-order chi connectivity index (χ1) is 7.54. The predicted molar refractivity (Wildman–Crippen MR) is 60.4 cm³/mol. The summed E-state index contributed by atoms with van der Waals surface area (Å²) in [6.07, 6.45) is 0.658. The number of carbonyl (C=O) groups excluding carboxylic acids is 1. The molecule has 1 aromatic carbocycles. The number of carboxylic acid groups (broad SMARTS) is 1. The molecule has 86 valence electrons. The van der Waals surface area contributed by atoms with Crippen molar-refractivity contribution < 1.29 is 19.4 Å². The lowest BCUT2D eigenvalue weighted by Crippen LogP contribution is -2.17. The fourth-order valence-electron chi connectivity index (χ4n) is 1.23. The van der Waals surface area contributed by atoms with Gasteiger partial charge in [-0.05, 0) is 18.4 Å². The van der Waals surface area contributed by atoms with Crippen LogP contribution in [0, 0.1) is 0 Å². The summed E-state index contributed by atoms with van der Waals surface area (Å²) in [4.78, 5) is 22.7. The Balaban J connectivity index is 3.00. The van der Waals surface area contributed by atoms with E-state index in [2.05, 4.69) is 0 Å². The Morgan fingerprint density at radius 2 is 2.12 bits per heavy atom. The lowest BCUT2D eigenvalue weighted by atomic mass is 10.1. The largest absolute Gasteiger partial charge is 0.478 e. The van der Waals surface area contributed by atoms with E-state index in [0.717, 1.165) is 4.90 Å². The van der Waals surface area contributed by atoms with Crippen molar-refractivity contribution in [1.82, 2.24) is 0 Å². The maximum atomic E-state index is 11.0. The van der Waals surface area contributed by atoms with Gasteiger partial charge < -0.3 is 9.84 Å². The van der Waals surface area contributed by atoms with Gasteiger partial charge >= 0.3 is 11.9 Å². The summed E-state index contributed by atoms with van der Waals surface area (Å²) in [5.41, 5.74) is 0.467. The molecule has 0 aliphatic rings. The topological polar surface area (TPSA) is 63.6 Å². The van der Waals surface area contributed by atoms with Crippen molar-refractivity contribution in [3.05, 3.63) is 29.8 Å². The van der Waals surface area contributed by atoms with Crippen LogP contribution < -0.4 is 0 Å². The van der Waals surface area contributed by atoms with Crippen molar-refractivity contribution in [2.75, 3.05) is 6.26 Å². The zero-order valence-electron chi connectivity index (χ0n) is 8.97. The molecule has 5 heteroatoms. The molecule has 0 aromatic heterocycles. The Morgan fingerprint density at radius 3 is 2.62 bits per heavy atom. The van der Waals surface area contributed by atoms with Gasteiger partial charge in [0.2, 0.25) is 6.10 Å². The second kappa shape index (κ2) is 5.55. The second-order valence-corrected chi connectivity index (χ2v) is 3.98. The van der Waals surface area contributed by atoms with Crippen LogP contribution in [0.3, 0.4) is 0 Å². The molecule has 1 rings (SSSR count). The zero-order chi connectivity index (χ0) is 12.1. The third-order valence-corrected chi connectivity index (χ3v) is 2.63. The van der Waals surface area contributed by atoms with Crippen molar-refractivity contribution in [3.63, 3.8) is 0 Å². The highest BCUT2D eigenvalue weighted by Gasteiger charge is 2.22. The summed E-state index contributed by atoms with van der Waals surface area (Å²) in [6.45, 7) is 1.19. The summed E-state index contributed by atoms with van der Waals surface area (Å²) < 4.78 is 4.75. The molecule has 0 bridgehead atoms. The number of hydrogen-bond acceptors (Lipinski definition) is 4. The SMILES string of the molecule is CSc1cccc([C@H](OC(C)=O)C(=O)O)c1. The van der Waals surface area contributed by atoms with Gasteiger partial charge in [0, 0.05) is 17.4 Å². The number of aliphatic carboxylic acids is 1. The van der Waals surface area contributed by atoms with Crippen LogP contribution in [0.25, 0.3) is 0 Å². The van der Waals surface area contributed by atoms with Crippen molar-refractivity contribution in [2.24, 2.45) is 0 Å². The van der Waals surface area contributed by atoms with Gasteiger partial charge in [-0.15, -0.1) is 11.8 Å². The molecule has 1 N–H and O–H groups in total. The molecule has 0 saturated heterocycles. The third-order valence-electron chi connectivity index (χ3n) is 1.90. The summed E-state index contributed by atoms with van der Waals surface area (Å²) in [6, 6.07) is 6.93. The van der Waals surface area contributed by atoms with Crippen molar-refractivity contribution in [2.45, 2.75) is 17.9 Å². The van der Waals surface area contributed by atoms with Gasteiger partial charge in [0.25, 0.3) is 0 Å². The van der Waals surface area contributed by atoms with Crippen LogP contribution in [-0.2, 0) is 14.3 Å². The lowest BCUT2D eigenvalue weighted by molar-refractivity contribution is -0.163. The van der Waals surface area contributed by atoms with E-state index < -0.39 is 18.0 Å². The minimum absolute atomic E-state index is 0.467. The number of hydrogen-bond donors (Lipinski definition) is 1. The van der Waals surface area contributed by atoms with Crippen LogP contribution in [0.15, 0.2) is 29.2 Å². The molecule has 0 fully saturated rings. The fraction of sp³-hybridized carbons (Fsp3) is 0.273. The van der Waals surface area contributed by atoms with Crippen molar-refractivity contribution >= 4 is 23.7 Å². The van der Waals surface area contributed by atoms with Crippen LogP contribution in [0.5, 0.6) is 0 Å². The van der Waals surface area contributed by atoms with E-state index in [1.807, 2.05) is 12.3 Å². The fourth-order valence-corrected chi connectivity index (χ4v) is 1.70. The number of rotatable bonds is 4. The molecule has 0 heterocycles. The number of ether oxygens (including phenoxy) is 1. The first-order valence-corrected chi connectivity index (χ1v) is 5.81. The predicted octanol–water partition coefficient (Wildman–Crippen LogP) is 2.10. The molecular weight excluding hydrogens is 228 g/mol. The van der Waals surface area contributed by atoms with Crippen LogP contribution in [0.4, 0.5) is 0 Å². The number of carbonyl (C=O) groups is 2. The standard InChI is InChI=1S/C11H12O4S/c1-7(12)15-10(11(13)14)8-4-3-5-9(6-8)16-2/h3-6,10H,1-2H3,(H,13,14)/t10-/m0/s1. The molecule has 0 spiro atoms. The Kier molecular flexibility index (Phi) is 4.37. The summed E-state index contributed by atoms with van der Waals surface area (Å²) >= 11 is 1.50. The molecule has 0 aliphatic carbocycles. The van der Waals surface area contributed by atoms with Crippen molar-refractivity contribution in [3.8, 4) is 0 Å². The molecule has 0 radical (unpaired) electrons. The summed E-state index contributed by atoms with van der Waals surface area (Å²) in [5, 5.41) is 8.96. The van der Waals surface area contributed by atoms with E-state index in [1.54, 1.807) is 18.2 Å². The van der Waals surface area contributed by atoms with E-state index in [9.17, 15) is 9.59 Å². The first-order valence-electron chi connectivity index (χ1n) is 4.58. The zero-order valence-corrected chi connectivity index (χ0v) is 9.78. The Bertz CT molecular complexity index is 403. The van der Waals surface area contributed by atoms with Gasteiger partial charge in [-0.25, -0.2) is 4.79 Å². The Labute approximate surface area is 97.6 Å². The maximum absolute atomic E-state index is 11.0. The highest BCUT2D eigenvalue weighted by molar-refractivity contribution is 7.98. The average Bonchev–Trinajstić information content (AvgIpc) is 2.25. The van der Waals surface area contributed by atoms with Gasteiger partial charge in [0.05, 0.1) is 0 Å². The second-order valence-electron chi connectivity index (χ2n) is 3.10. The lowest BCUT2D eigenvalue weighted by Gasteiger charge is -2.13. The quantitative estimate of drug-likeness (QED) is 0.645. The van der Waals surface area contributed by atoms with E-state index in [4.69, 9.17) is 9.84 Å². The number of carboxylic acids is 1. The summed E-state index contributed by atoms with van der Waals surface area (Å²) in [5.74, 6) is -1.78. The monoisotopic (exact) mass is 240 g/mol. The van der Waals surface area contributed by atoms with Crippen molar-refractivity contribution in [1.29, 1.82) is 0 Å². The van der Waals surface area contributed by atoms with E-state index in [1.165, 1.54) is 18.7 Å². The van der Waals surface area contributed by atoms with Gasteiger partial charge in [0.1, 0.15) is 0 Å². The Morgan fingerprint density at radius 1 is 1.44 bits per heavy atom. The van der Waals surface area contributed by atoms with E-state index >= 15 is 0 Å². The minimum atomic E-state index is -1.23. The molecule has 1 aromatic rings. The molecule has 0 amide bonds. The molecule has 4 nitrogen and oxygen atoms in total. The number of thioether (sulfide) groups is 1. The number of esters is 1. The highest BCUT2D eigenvalue weighted by atomic mass is 32.2. The Hall–Kier alpha value is -1.49. The van der Waals surface area contributed by atoms with Crippen LogP contribution in [0.1, 0.15) is 18.6 Å². The van der Waals surface area contributed by atoms with Crippen LogP contribution >= 0.6 is 11.8 Å². The maximum Gasteiger partial charge on any atom is 0.349 e. The van der Waals surface area contributed by atoms with Crippen LogP contribution in [0.2, 0.25) is 0 Å². The van der Waals surface area contributed by atoms with Crippen LogP contribution in [-0.4, -0.2) is 23.3 Å². The molecule has 0 unspecified atom stereocenters. The molecule has 16 heavy (non-hydrogen) atoms. The molecule has 0 aliphatic heterocycles. The molecular formula is C11H12O4S. The molecule has 1 atom stereocenters. The first kappa shape index (κ1) is 12.6. The summed E-state index contributed by atoms with van der Waals surface area (Å²) in [7, 11) is 0. The van der Waals surface area contributed by atoms with Gasteiger partial charge in [-0.3, -0.25) is 4.79 Å². The van der Waals surface area contributed by atoms with Gasteiger partial charge in [-0.2, -0.15) is 0 Å². The average molecular weight is 240 g/mol. The van der Waals surface area contributed by atoms with E-state index in [0.29, 0.717) is 5.56 Å². The van der Waals surface area contributed by atoms with E-state index in [-0.39, 0.29) is 0 Å². The smallest absolute Gasteiger partial charge is 0.349 e. The highest BCUT2D eigenvalue weighted by Crippen LogP contribution is 2.23. The third kappa shape index (κ3) is 3.27. The molecule has 0 saturated carbocycles. The normalized spacial score (nSPS) is 11.9. The minimum Gasteiger partial charge on any atom is -0.478 e. The van der Waals surface area contributed by atoms with Gasteiger partial charge in [-0.1, -0.05) is 12.1 Å². The van der Waals surface area contributed by atoms with Gasteiger partial charge in [0.15, 0.2) is 0 Å².